The standard InChI is InChI=1S/C45H74O11/c1-38(2,3)49-30-25(31(50-39(4,5)6)35(54-43(16,17)18)28(47)34(30)53-42(13,14)15)27(46)26-32(51-40(7,8)9)36(55-44(19,20)21)29(48)37(56-45(22,23)24)33(26)52-41(10,11)12/h47-48H,1-24H3. The van der Waals surface area contributed by atoms with Gasteiger partial charge in [0.2, 0.25) is 40.3 Å². The van der Waals surface area contributed by atoms with Crippen molar-refractivity contribution in [3.63, 3.8) is 0 Å². The van der Waals surface area contributed by atoms with E-state index in [-0.39, 0.29) is 57.1 Å². The van der Waals surface area contributed by atoms with Crippen LogP contribution in [0.4, 0.5) is 0 Å². The predicted molar refractivity (Wildman–Crippen MR) is 223 cm³/mol. The minimum Gasteiger partial charge on any atom is -0.501 e. The van der Waals surface area contributed by atoms with Crippen LogP contribution < -0.4 is 37.9 Å². The molecule has 0 aliphatic rings. The van der Waals surface area contributed by atoms with Gasteiger partial charge in [-0.05, 0) is 166 Å². The van der Waals surface area contributed by atoms with E-state index in [0.29, 0.717) is 0 Å². The fourth-order valence-electron chi connectivity index (χ4n) is 5.05. The van der Waals surface area contributed by atoms with Crippen LogP contribution >= 0.6 is 0 Å². The van der Waals surface area contributed by atoms with E-state index in [0.717, 1.165) is 0 Å². The van der Waals surface area contributed by atoms with Gasteiger partial charge in [0.25, 0.3) is 0 Å². The van der Waals surface area contributed by atoms with Crippen molar-refractivity contribution in [2.45, 2.75) is 211 Å². The summed E-state index contributed by atoms with van der Waals surface area (Å²) in [5, 5.41) is 24.4. The van der Waals surface area contributed by atoms with Crippen molar-refractivity contribution >= 4 is 5.78 Å². The number of benzene rings is 2. The van der Waals surface area contributed by atoms with Crippen molar-refractivity contribution in [3.8, 4) is 57.5 Å². The first kappa shape index (κ1) is 48.3. The summed E-state index contributed by atoms with van der Waals surface area (Å²) in [5.41, 5.74) is -7.61. The van der Waals surface area contributed by atoms with Gasteiger partial charge in [-0.2, -0.15) is 0 Å². The first-order valence-electron chi connectivity index (χ1n) is 19.4. The number of carbonyl (C=O) groups is 1. The molecule has 11 nitrogen and oxygen atoms in total. The number of hydrogen-bond donors (Lipinski definition) is 2. The highest BCUT2D eigenvalue weighted by molar-refractivity contribution is 6.18. The molecule has 0 saturated carbocycles. The number of ether oxygens (including phenoxy) is 8. The number of carbonyl (C=O) groups excluding carboxylic acids is 1. The molecule has 0 aromatic heterocycles. The van der Waals surface area contributed by atoms with E-state index in [1.165, 1.54) is 0 Å². The van der Waals surface area contributed by atoms with E-state index in [4.69, 9.17) is 37.9 Å². The molecule has 2 N–H and O–H groups in total. The zero-order valence-electron chi connectivity index (χ0n) is 39.1. The van der Waals surface area contributed by atoms with Crippen molar-refractivity contribution in [1.82, 2.24) is 0 Å². The third kappa shape index (κ3) is 14.2. The van der Waals surface area contributed by atoms with Gasteiger partial charge in [-0.3, -0.25) is 4.79 Å². The summed E-state index contributed by atoms with van der Waals surface area (Å²) in [7, 11) is 0. The molecule has 0 saturated heterocycles. The Balaban J connectivity index is 3.71. The summed E-state index contributed by atoms with van der Waals surface area (Å²) >= 11 is 0. The molecular formula is C45H74O11. The van der Waals surface area contributed by atoms with Crippen molar-refractivity contribution in [2.75, 3.05) is 0 Å². The minimum absolute atomic E-state index is 0.108. The number of rotatable bonds is 10. The lowest BCUT2D eigenvalue weighted by Crippen LogP contribution is -2.32. The summed E-state index contributed by atoms with van der Waals surface area (Å²) < 4.78 is 52.6. The molecule has 0 radical (unpaired) electrons. The minimum atomic E-state index is -0.936. The molecule has 0 aliphatic carbocycles. The number of phenols is 2. The zero-order chi connectivity index (χ0) is 44.2. The Morgan fingerprint density at radius 3 is 0.536 bits per heavy atom. The molecule has 2 aromatic rings. The molecule has 0 amide bonds. The zero-order valence-corrected chi connectivity index (χ0v) is 39.1. The summed E-state index contributed by atoms with van der Waals surface area (Å²) in [6, 6.07) is 0. The monoisotopic (exact) mass is 791 g/mol. The number of aromatic hydroxyl groups is 2. The highest BCUT2D eigenvalue weighted by atomic mass is 16.6. The van der Waals surface area contributed by atoms with E-state index in [1.807, 2.05) is 166 Å². The smallest absolute Gasteiger partial charge is 0.208 e. The molecule has 0 unspecified atom stereocenters. The van der Waals surface area contributed by atoms with E-state index < -0.39 is 62.1 Å². The van der Waals surface area contributed by atoms with Crippen molar-refractivity contribution in [3.05, 3.63) is 11.1 Å². The van der Waals surface area contributed by atoms with E-state index in [2.05, 4.69) is 0 Å². The van der Waals surface area contributed by atoms with Crippen LogP contribution in [0.5, 0.6) is 57.5 Å². The molecule has 2 aromatic carbocycles. The molecule has 0 spiro atoms. The molecule has 56 heavy (non-hydrogen) atoms. The van der Waals surface area contributed by atoms with Crippen LogP contribution in [0.2, 0.25) is 0 Å². The van der Waals surface area contributed by atoms with Crippen molar-refractivity contribution in [2.24, 2.45) is 0 Å². The SMILES string of the molecule is CC(C)(C)Oc1c(O)c(OC(C)(C)C)c(OC(C)(C)C)c(C(=O)c2c(OC(C)(C)C)c(OC(C)(C)C)c(O)c(OC(C)(C)C)c2OC(C)(C)C)c1OC(C)(C)C. The lowest BCUT2D eigenvalue weighted by Gasteiger charge is -2.35. The van der Waals surface area contributed by atoms with E-state index in [1.54, 1.807) is 0 Å². The highest BCUT2D eigenvalue weighted by Crippen LogP contribution is 2.61. The molecule has 0 bridgehead atoms. The van der Waals surface area contributed by atoms with Crippen LogP contribution in [0, 0.1) is 0 Å². The molecular weight excluding hydrogens is 716 g/mol. The van der Waals surface area contributed by atoms with Gasteiger partial charge >= 0.3 is 0 Å². The van der Waals surface area contributed by atoms with Gasteiger partial charge in [-0.25, -0.2) is 0 Å². The maximum absolute atomic E-state index is 16.3. The molecule has 0 atom stereocenters. The number of hydrogen-bond acceptors (Lipinski definition) is 11. The number of ketones is 1. The maximum Gasteiger partial charge on any atom is 0.208 e. The highest BCUT2D eigenvalue weighted by Gasteiger charge is 2.44. The van der Waals surface area contributed by atoms with Gasteiger partial charge in [0, 0.05) is 0 Å². The van der Waals surface area contributed by atoms with Crippen LogP contribution in [-0.2, 0) is 0 Å². The summed E-state index contributed by atoms with van der Waals surface area (Å²) in [6.07, 6.45) is 0. The first-order valence-corrected chi connectivity index (χ1v) is 19.4. The van der Waals surface area contributed by atoms with Crippen molar-refractivity contribution in [1.29, 1.82) is 0 Å². The average molecular weight is 791 g/mol. The van der Waals surface area contributed by atoms with Crippen LogP contribution in [0.15, 0.2) is 0 Å². The molecule has 0 aliphatic heterocycles. The summed E-state index contributed by atoms with van der Waals surface area (Å²) in [5.74, 6) is -2.54. The molecule has 0 heterocycles. The molecule has 0 fully saturated rings. The fourth-order valence-corrected chi connectivity index (χ4v) is 5.05. The topological polar surface area (TPSA) is 131 Å². The quantitative estimate of drug-likeness (QED) is 0.223. The summed E-state index contributed by atoms with van der Waals surface area (Å²) in [6.45, 7) is 43.6. The Morgan fingerprint density at radius 1 is 0.286 bits per heavy atom. The van der Waals surface area contributed by atoms with Crippen LogP contribution in [0.1, 0.15) is 182 Å². The van der Waals surface area contributed by atoms with E-state index >= 15 is 4.79 Å². The Kier molecular flexibility index (Phi) is 13.3. The second-order valence-corrected chi connectivity index (χ2v) is 22.1. The van der Waals surface area contributed by atoms with Crippen molar-refractivity contribution < 1.29 is 52.9 Å². The third-order valence-corrected chi connectivity index (χ3v) is 6.31. The normalized spacial score (nSPS) is 13.6. The Hall–Kier alpha value is -3.89. The van der Waals surface area contributed by atoms with Gasteiger partial charge in [-0.1, -0.05) is 0 Å². The second-order valence-electron chi connectivity index (χ2n) is 22.1. The van der Waals surface area contributed by atoms with Crippen LogP contribution in [0.25, 0.3) is 0 Å². The fraction of sp³-hybridized carbons (Fsp3) is 0.711. The lowest BCUT2D eigenvalue weighted by atomic mass is 9.94. The number of phenolic OH excluding ortho intramolecular Hbond substituents is 2. The first-order chi connectivity index (χ1) is 24.5. The molecule has 2 rings (SSSR count). The Labute approximate surface area is 337 Å². The maximum atomic E-state index is 16.3. The van der Waals surface area contributed by atoms with Gasteiger partial charge in [0.1, 0.15) is 55.9 Å². The summed E-state index contributed by atoms with van der Waals surface area (Å²) in [4.78, 5) is 16.3. The largest absolute Gasteiger partial charge is 0.501 e. The van der Waals surface area contributed by atoms with E-state index in [9.17, 15) is 10.2 Å². The van der Waals surface area contributed by atoms with Crippen LogP contribution in [0.3, 0.4) is 0 Å². The second kappa shape index (κ2) is 15.5. The van der Waals surface area contributed by atoms with Gasteiger partial charge in [-0.15, -0.1) is 0 Å². The Bertz CT molecular complexity index is 1490. The third-order valence-electron chi connectivity index (χ3n) is 6.31. The van der Waals surface area contributed by atoms with Gasteiger partial charge in [0.15, 0.2) is 23.0 Å². The molecule has 11 heteroatoms. The van der Waals surface area contributed by atoms with Crippen LogP contribution in [-0.4, -0.2) is 60.8 Å². The van der Waals surface area contributed by atoms with Gasteiger partial charge in [0.05, 0.1) is 0 Å². The predicted octanol–water partition coefficient (Wildman–Crippen LogP) is 11.7. The molecule has 320 valence electrons. The lowest BCUT2D eigenvalue weighted by molar-refractivity contribution is 0.0684. The Morgan fingerprint density at radius 2 is 0.411 bits per heavy atom. The van der Waals surface area contributed by atoms with Gasteiger partial charge < -0.3 is 48.1 Å². The average Bonchev–Trinajstić information content (AvgIpc) is 2.88.